The minimum absolute atomic E-state index is 0.0575. The fourth-order valence-corrected chi connectivity index (χ4v) is 2.79. The van der Waals surface area contributed by atoms with Gasteiger partial charge in [-0.3, -0.25) is 4.90 Å². The molecule has 0 aromatic carbocycles. The van der Waals surface area contributed by atoms with Crippen LogP contribution in [0.15, 0.2) is 0 Å². The van der Waals surface area contributed by atoms with Crippen molar-refractivity contribution in [3.63, 3.8) is 0 Å². The van der Waals surface area contributed by atoms with Crippen LogP contribution in [0.2, 0.25) is 0 Å². The van der Waals surface area contributed by atoms with Gasteiger partial charge in [0.2, 0.25) is 0 Å². The van der Waals surface area contributed by atoms with Gasteiger partial charge in [0.15, 0.2) is 0 Å². The molecule has 76 valence electrons. The van der Waals surface area contributed by atoms with Gasteiger partial charge in [-0.05, 0) is 19.8 Å². The first kappa shape index (κ1) is 9.40. The SMILES string of the molecule is C[C@H]1CC[C@@H]2[C@H](O)[C@H](O)[C@@H](CO)N21. The molecule has 2 fully saturated rings. The zero-order valence-electron chi connectivity index (χ0n) is 7.80. The van der Waals surface area contributed by atoms with Crippen LogP contribution in [0.5, 0.6) is 0 Å². The van der Waals surface area contributed by atoms with Gasteiger partial charge in [0.05, 0.1) is 24.9 Å². The highest BCUT2D eigenvalue weighted by atomic mass is 16.3. The number of hydrogen-bond acceptors (Lipinski definition) is 4. The highest BCUT2D eigenvalue weighted by Crippen LogP contribution is 2.36. The van der Waals surface area contributed by atoms with Crippen molar-refractivity contribution in [3.8, 4) is 0 Å². The number of aliphatic hydroxyl groups is 3. The van der Waals surface area contributed by atoms with Crippen LogP contribution in [0.3, 0.4) is 0 Å². The topological polar surface area (TPSA) is 63.9 Å². The number of rotatable bonds is 1. The molecule has 4 nitrogen and oxygen atoms in total. The molecule has 5 atom stereocenters. The monoisotopic (exact) mass is 187 g/mol. The zero-order chi connectivity index (χ0) is 9.59. The van der Waals surface area contributed by atoms with Gasteiger partial charge in [-0.15, -0.1) is 0 Å². The smallest absolute Gasteiger partial charge is 0.0991 e. The first-order valence-corrected chi connectivity index (χ1v) is 4.91. The fraction of sp³-hybridized carbons (Fsp3) is 1.00. The van der Waals surface area contributed by atoms with Gasteiger partial charge < -0.3 is 15.3 Å². The molecule has 0 aromatic heterocycles. The van der Waals surface area contributed by atoms with Gasteiger partial charge in [-0.25, -0.2) is 0 Å². The van der Waals surface area contributed by atoms with Gasteiger partial charge in [0.25, 0.3) is 0 Å². The lowest BCUT2D eigenvalue weighted by Crippen LogP contribution is -2.42. The molecule has 0 radical (unpaired) electrons. The largest absolute Gasteiger partial charge is 0.395 e. The van der Waals surface area contributed by atoms with Crippen molar-refractivity contribution >= 4 is 0 Å². The summed E-state index contributed by atoms with van der Waals surface area (Å²) >= 11 is 0. The number of hydrogen-bond donors (Lipinski definition) is 3. The molecule has 0 spiro atoms. The normalized spacial score (nSPS) is 51.2. The van der Waals surface area contributed by atoms with E-state index in [9.17, 15) is 10.2 Å². The third-order valence-electron chi connectivity index (χ3n) is 3.48. The molecule has 4 heteroatoms. The van der Waals surface area contributed by atoms with Crippen LogP contribution in [0.1, 0.15) is 19.8 Å². The van der Waals surface area contributed by atoms with Gasteiger partial charge >= 0.3 is 0 Å². The van der Waals surface area contributed by atoms with Gasteiger partial charge in [0, 0.05) is 12.1 Å². The summed E-state index contributed by atoms with van der Waals surface area (Å²) in [6, 6.07) is 0.161. The summed E-state index contributed by atoms with van der Waals surface area (Å²) in [4.78, 5) is 2.06. The van der Waals surface area contributed by atoms with E-state index in [1.807, 2.05) is 0 Å². The third-order valence-corrected chi connectivity index (χ3v) is 3.48. The summed E-state index contributed by atoms with van der Waals surface area (Å²) in [7, 11) is 0. The lowest BCUT2D eigenvalue weighted by molar-refractivity contribution is 0.0132. The Balaban J connectivity index is 2.20. The molecular formula is C9H17NO3. The second kappa shape index (κ2) is 3.20. The highest BCUT2D eigenvalue weighted by molar-refractivity contribution is 5.05. The molecule has 2 rings (SSSR count). The summed E-state index contributed by atoms with van der Waals surface area (Å²) in [5.74, 6) is 0. The Morgan fingerprint density at radius 2 is 1.92 bits per heavy atom. The lowest BCUT2D eigenvalue weighted by atomic mass is 10.0. The zero-order valence-corrected chi connectivity index (χ0v) is 7.80. The van der Waals surface area contributed by atoms with E-state index in [1.165, 1.54) is 0 Å². The Labute approximate surface area is 77.8 Å². The van der Waals surface area contributed by atoms with Crippen LogP contribution < -0.4 is 0 Å². The molecule has 2 saturated heterocycles. The molecule has 0 saturated carbocycles. The standard InChI is InChI=1S/C9H17NO3/c1-5-2-3-6-8(12)9(13)7(4-11)10(5)6/h5-9,11-13H,2-4H2,1H3/t5-,6+,7+,8-,9+/m0/s1. The van der Waals surface area contributed by atoms with E-state index in [0.29, 0.717) is 6.04 Å². The predicted molar refractivity (Wildman–Crippen MR) is 47.2 cm³/mol. The van der Waals surface area contributed by atoms with Crippen LogP contribution in [0, 0.1) is 0 Å². The molecule has 13 heavy (non-hydrogen) atoms. The molecule has 0 aliphatic carbocycles. The van der Waals surface area contributed by atoms with Gasteiger partial charge in [-0.1, -0.05) is 0 Å². The van der Waals surface area contributed by atoms with Crippen LogP contribution in [0.4, 0.5) is 0 Å². The quantitative estimate of drug-likeness (QED) is 0.489. The first-order chi connectivity index (χ1) is 6.16. The molecule has 0 unspecified atom stereocenters. The van der Waals surface area contributed by atoms with Crippen LogP contribution >= 0.6 is 0 Å². The van der Waals surface area contributed by atoms with Crippen molar-refractivity contribution in [2.45, 2.75) is 50.1 Å². The van der Waals surface area contributed by atoms with E-state index < -0.39 is 12.2 Å². The summed E-state index contributed by atoms with van der Waals surface area (Å²) in [6.07, 6.45) is 0.515. The molecule has 3 N–H and O–H groups in total. The average Bonchev–Trinajstić information content (AvgIpc) is 2.58. The minimum atomic E-state index is -0.780. The number of fused-ring (bicyclic) bond motifs is 1. The van der Waals surface area contributed by atoms with Crippen LogP contribution in [-0.4, -0.2) is 57.2 Å². The summed E-state index contributed by atoms with van der Waals surface area (Å²) in [6.45, 7) is 2.01. The lowest BCUT2D eigenvalue weighted by Gasteiger charge is -2.27. The Morgan fingerprint density at radius 3 is 2.54 bits per heavy atom. The van der Waals surface area contributed by atoms with Crippen molar-refractivity contribution in [1.29, 1.82) is 0 Å². The van der Waals surface area contributed by atoms with Crippen molar-refractivity contribution in [1.82, 2.24) is 4.90 Å². The van der Waals surface area contributed by atoms with Crippen LogP contribution in [0.25, 0.3) is 0 Å². The molecular weight excluding hydrogens is 170 g/mol. The number of aliphatic hydroxyl groups excluding tert-OH is 3. The summed E-state index contributed by atoms with van der Waals surface area (Å²) < 4.78 is 0. The minimum Gasteiger partial charge on any atom is -0.395 e. The van der Waals surface area contributed by atoms with E-state index in [-0.39, 0.29) is 18.7 Å². The maximum atomic E-state index is 9.68. The average molecular weight is 187 g/mol. The van der Waals surface area contributed by atoms with E-state index in [4.69, 9.17) is 5.11 Å². The van der Waals surface area contributed by atoms with Crippen molar-refractivity contribution in [2.75, 3.05) is 6.61 Å². The van der Waals surface area contributed by atoms with E-state index in [2.05, 4.69) is 11.8 Å². The second-order valence-corrected chi connectivity index (χ2v) is 4.17. The third kappa shape index (κ3) is 1.21. The Hall–Kier alpha value is -0.160. The van der Waals surface area contributed by atoms with E-state index >= 15 is 0 Å². The van der Waals surface area contributed by atoms with Gasteiger partial charge in [-0.2, -0.15) is 0 Å². The molecule has 2 aliphatic rings. The fourth-order valence-electron chi connectivity index (χ4n) is 2.79. The molecule has 0 aromatic rings. The van der Waals surface area contributed by atoms with Crippen molar-refractivity contribution in [2.24, 2.45) is 0 Å². The molecule has 0 amide bonds. The van der Waals surface area contributed by atoms with E-state index in [0.717, 1.165) is 12.8 Å². The maximum absolute atomic E-state index is 9.68. The van der Waals surface area contributed by atoms with E-state index in [1.54, 1.807) is 0 Å². The molecule has 0 bridgehead atoms. The first-order valence-electron chi connectivity index (χ1n) is 4.91. The second-order valence-electron chi connectivity index (χ2n) is 4.17. The van der Waals surface area contributed by atoms with Crippen LogP contribution in [-0.2, 0) is 0 Å². The summed E-state index contributed by atoms with van der Waals surface area (Å²) in [5.41, 5.74) is 0. The maximum Gasteiger partial charge on any atom is 0.0991 e. The number of nitrogens with zero attached hydrogens (tertiary/aromatic N) is 1. The van der Waals surface area contributed by atoms with Crippen molar-refractivity contribution in [3.05, 3.63) is 0 Å². The predicted octanol–water partition coefficient (Wildman–Crippen LogP) is -1.06. The Morgan fingerprint density at radius 1 is 1.23 bits per heavy atom. The Bertz CT molecular complexity index is 197. The van der Waals surface area contributed by atoms with Crippen molar-refractivity contribution < 1.29 is 15.3 Å². The highest BCUT2D eigenvalue weighted by Gasteiger charge is 2.51. The molecule has 2 aliphatic heterocycles. The molecule has 2 heterocycles. The Kier molecular flexibility index (Phi) is 2.32. The summed E-state index contributed by atoms with van der Waals surface area (Å²) in [5, 5.41) is 28.4. The van der Waals surface area contributed by atoms with Gasteiger partial charge in [0.1, 0.15) is 0 Å².